The molecule has 2 aromatic rings. The van der Waals surface area contributed by atoms with E-state index in [9.17, 15) is 0 Å². The smallest absolute Gasteiger partial charge is 0.191 e. The average Bonchev–Trinajstić information content (AvgIpc) is 3.18. The lowest BCUT2D eigenvalue weighted by Gasteiger charge is -2.31. The maximum Gasteiger partial charge on any atom is 0.191 e. The molecule has 0 amide bonds. The Morgan fingerprint density at radius 2 is 2.00 bits per heavy atom. The molecule has 1 aromatic heterocycles. The van der Waals surface area contributed by atoms with Gasteiger partial charge in [0.25, 0.3) is 0 Å². The molecule has 8 heteroatoms. The summed E-state index contributed by atoms with van der Waals surface area (Å²) < 4.78 is 11.0. The van der Waals surface area contributed by atoms with Gasteiger partial charge in [0.15, 0.2) is 11.7 Å². The molecule has 0 spiro atoms. The van der Waals surface area contributed by atoms with Crippen LogP contribution in [0, 0.1) is 0 Å². The maximum atomic E-state index is 5.63. The molecule has 1 aromatic carbocycles. The third-order valence-corrected chi connectivity index (χ3v) is 5.01. The zero-order chi connectivity index (χ0) is 20.6. The van der Waals surface area contributed by atoms with Crippen LogP contribution in [0.4, 0.5) is 0 Å². The fourth-order valence-electron chi connectivity index (χ4n) is 3.39. The van der Waals surface area contributed by atoms with Crippen LogP contribution < -0.4 is 10.6 Å². The summed E-state index contributed by atoms with van der Waals surface area (Å²) in [6, 6.07) is 10.7. The molecule has 1 unspecified atom stereocenters. The second kappa shape index (κ2) is 12.3. The van der Waals surface area contributed by atoms with Crippen LogP contribution >= 0.6 is 24.0 Å². The lowest BCUT2D eigenvalue weighted by molar-refractivity contribution is -0.0212. The lowest BCUT2D eigenvalue weighted by Crippen LogP contribution is -2.40. The number of aromatic nitrogens is 1. The molecule has 0 saturated carbocycles. The number of aliphatic imine (C=N–C) groups is 1. The predicted octanol–water partition coefficient (Wildman–Crippen LogP) is 3.50. The van der Waals surface area contributed by atoms with Crippen LogP contribution in [0.3, 0.4) is 0 Å². The SMILES string of the molecule is CN=C(NCc1cccc(CN2CCOC(C)C2)c1)NCc1cc(C(C)C)no1.I. The van der Waals surface area contributed by atoms with E-state index >= 15 is 0 Å². The molecule has 7 nitrogen and oxygen atoms in total. The molecule has 1 aliphatic heterocycles. The Morgan fingerprint density at radius 3 is 2.70 bits per heavy atom. The van der Waals surface area contributed by atoms with Crippen LogP contribution in [-0.2, 0) is 24.4 Å². The van der Waals surface area contributed by atoms with Crippen molar-refractivity contribution >= 4 is 29.9 Å². The second-order valence-corrected chi connectivity index (χ2v) is 7.89. The molecular formula is C22H34IN5O2. The van der Waals surface area contributed by atoms with Gasteiger partial charge in [-0.05, 0) is 24.0 Å². The van der Waals surface area contributed by atoms with Gasteiger partial charge < -0.3 is 19.9 Å². The highest BCUT2D eigenvalue weighted by molar-refractivity contribution is 14.0. The summed E-state index contributed by atoms with van der Waals surface area (Å²) in [5, 5.41) is 10.7. The van der Waals surface area contributed by atoms with Crippen molar-refractivity contribution in [3.63, 3.8) is 0 Å². The number of nitrogens with one attached hydrogen (secondary N) is 2. The number of morpholine rings is 1. The van der Waals surface area contributed by atoms with Crippen LogP contribution in [0.1, 0.15) is 49.3 Å². The van der Waals surface area contributed by atoms with E-state index in [1.807, 2.05) is 6.07 Å². The molecule has 1 aliphatic rings. The summed E-state index contributed by atoms with van der Waals surface area (Å²) >= 11 is 0. The Labute approximate surface area is 196 Å². The molecule has 3 rings (SSSR count). The normalized spacial score (nSPS) is 17.6. The van der Waals surface area contributed by atoms with Gasteiger partial charge in [0, 0.05) is 39.3 Å². The van der Waals surface area contributed by atoms with Gasteiger partial charge in [0.1, 0.15) is 0 Å². The first kappa shape index (κ1) is 24.6. The van der Waals surface area contributed by atoms with Gasteiger partial charge in [0.2, 0.25) is 0 Å². The van der Waals surface area contributed by atoms with Crippen molar-refractivity contribution in [1.82, 2.24) is 20.7 Å². The highest BCUT2D eigenvalue weighted by Gasteiger charge is 2.16. The van der Waals surface area contributed by atoms with E-state index in [2.05, 4.69) is 70.7 Å². The van der Waals surface area contributed by atoms with E-state index in [0.717, 1.165) is 43.7 Å². The van der Waals surface area contributed by atoms with Gasteiger partial charge in [-0.1, -0.05) is 43.3 Å². The van der Waals surface area contributed by atoms with E-state index < -0.39 is 0 Å². The largest absolute Gasteiger partial charge is 0.376 e. The van der Waals surface area contributed by atoms with Crippen molar-refractivity contribution in [2.45, 2.75) is 52.4 Å². The number of nitrogens with zero attached hydrogens (tertiary/aromatic N) is 3. The molecule has 0 aliphatic carbocycles. The predicted molar refractivity (Wildman–Crippen MR) is 130 cm³/mol. The number of hydrogen-bond acceptors (Lipinski definition) is 5. The minimum atomic E-state index is 0. The molecule has 1 saturated heterocycles. The summed E-state index contributed by atoms with van der Waals surface area (Å²) in [4.78, 5) is 6.74. The van der Waals surface area contributed by atoms with Crippen molar-refractivity contribution in [2.24, 2.45) is 4.99 Å². The summed E-state index contributed by atoms with van der Waals surface area (Å²) in [6.45, 7) is 11.3. The molecule has 2 N–H and O–H groups in total. The zero-order valence-electron chi connectivity index (χ0n) is 18.4. The number of ether oxygens (including phenoxy) is 1. The standard InChI is InChI=1S/C22H33N5O2.HI/c1-16(2)21-11-20(29-26-21)13-25-22(23-4)24-12-18-6-5-7-19(10-18)15-27-8-9-28-17(3)14-27;/h5-7,10-11,16-17H,8-9,12-15H2,1-4H3,(H2,23,24,25);1H. The molecular weight excluding hydrogens is 493 g/mol. The van der Waals surface area contributed by atoms with Gasteiger partial charge in [-0.3, -0.25) is 9.89 Å². The van der Waals surface area contributed by atoms with Crippen molar-refractivity contribution in [3.8, 4) is 0 Å². The van der Waals surface area contributed by atoms with Crippen LogP contribution in [0.5, 0.6) is 0 Å². The zero-order valence-corrected chi connectivity index (χ0v) is 20.7. The Morgan fingerprint density at radius 1 is 1.23 bits per heavy atom. The van der Waals surface area contributed by atoms with Gasteiger partial charge in [-0.15, -0.1) is 24.0 Å². The van der Waals surface area contributed by atoms with Crippen molar-refractivity contribution in [1.29, 1.82) is 0 Å². The van der Waals surface area contributed by atoms with Gasteiger partial charge >= 0.3 is 0 Å². The first-order valence-corrected chi connectivity index (χ1v) is 10.3. The van der Waals surface area contributed by atoms with Crippen LogP contribution in [0.2, 0.25) is 0 Å². The maximum absolute atomic E-state index is 5.63. The monoisotopic (exact) mass is 527 g/mol. The second-order valence-electron chi connectivity index (χ2n) is 7.89. The Hall–Kier alpha value is -1.65. The summed E-state index contributed by atoms with van der Waals surface area (Å²) in [6.07, 6.45) is 0.309. The first-order chi connectivity index (χ1) is 14.0. The molecule has 1 fully saturated rings. The van der Waals surface area contributed by atoms with E-state index in [1.54, 1.807) is 7.05 Å². The Balaban J connectivity index is 0.00000320. The van der Waals surface area contributed by atoms with Gasteiger partial charge in [0.05, 0.1) is 24.9 Å². The molecule has 2 heterocycles. The minimum Gasteiger partial charge on any atom is -0.376 e. The Bertz CT molecular complexity index is 808. The molecule has 166 valence electrons. The van der Waals surface area contributed by atoms with Crippen molar-refractivity contribution in [2.75, 3.05) is 26.7 Å². The average molecular weight is 527 g/mol. The van der Waals surface area contributed by atoms with Gasteiger partial charge in [-0.2, -0.15) is 0 Å². The highest BCUT2D eigenvalue weighted by Crippen LogP contribution is 2.14. The van der Waals surface area contributed by atoms with E-state index in [1.165, 1.54) is 11.1 Å². The molecule has 1 atom stereocenters. The minimum absolute atomic E-state index is 0. The fraction of sp³-hybridized carbons (Fsp3) is 0.545. The van der Waals surface area contributed by atoms with Crippen LogP contribution in [-0.4, -0.2) is 48.9 Å². The number of guanidine groups is 1. The number of rotatable bonds is 7. The van der Waals surface area contributed by atoms with Crippen molar-refractivity contribution in [3.05, 3.63) is 52.9 Å². The number of hydrogen-bond donors (Lipinski definition) is 2. The van der Waals surface area contributed by atoms with E-state index in [4.69, 9.17) is 9.26 Å². The van der Waals surface area contributed by atoms with E-state index in [-0.39, 0.29) is 24.0 Å². The van der Waals surface area contributed by atoms with Crippen molar-refractivity contribution < 1.29 is 9.26 Å². The molecule has 30 heavy (non-hydrogen) atoms. The third kappa shape index (κ3) is 7.55. The quantitative estimate of drug-likeness (QED) is 0.326. The summed E-state index contributed by atoms with van der Waals surface area (Å²) in [7, 11) is 1.77. The molecule has 0 bridgehead atoms. The van der Waals surface area contributed by atoms with Crippen LogP contribution in [0.25, 0.3) is 0 Å². The third-order valence-electron chi connectivity index (χ3n) is 5.01. The van der Waals surface area contributed by atoms with E-state index in [0.29, 0.717) is 25.1 Å². The Kier molecular flexibility index (Phi) is 10.1. The summed E-state index contributed by atoms with van der Waals surface area (Å²) in [5.41, 5.74) is 3.52. The van der Waals surface area contributed by atoms with Gasteiger partial charge in [-0.25, -0.2) is 0 Å². The fourth-order valence-corrected chi connectivity index (χ4v) is 3.39. The topological polar surface area (TPSA) is 74.9 Å². The highest BCUT2D eigenvalue weighted by atomic mass is 127. The number of halogens is 1. The first-order valence-electron chi connectivity index (χ1n) is 10.3. The summed E-state index contributed by atoms with van der Waals surface area (Å²) in [5.74, 6) is 1.90. The molecule has 0 radical (unpaired) electrons. The number of benzene rings is 1. The van der Waals surface area contributed by atoms with Crippen LogP contribution in [0.15, 0.2) is 39.8 Å². The lowest BCUT2D eigenvalue weighted by atomic mass is 10.1.